The second-order valence-electron chi connectivity index (χ2n) is 18.0. The van der Waals surface area contributed by atoms with Crippen molar-refractivity contribution in [3.05, 3.63) is 228 Å². The van der Waals surface area contributed by atoms with Crippen molar-refractivity contribution in [3.63, 3.8) is 0 Å². The van der Waals surface area contributed by atoms with Gasteiger partial charge in [0, 0.05) is 80.8 Å². The van der Waals surface area contributed by atoms with Crippen LogP contribution >= 0.6 is 0 Å². The average molecular weight is 847 g/mol. The highest BCUT2D eigenvalue weighted by Crippen LogP contribution is 2.59. The van der Waals surface area contributed by atoms with Crippen LogP contribution in [-0.4, -0.2) is 30.5 Å². The van der Waals surface area contributed by atoms with Crippen molar-refractivity contribution in [1.82, 2.24) is 24.5 Å². The zero-order valence-corrected chi connectivity index (χ0v) is 36.1. The van der Waals surface area contributed by atoms with Crippen LogP contribution in [0.1, 0.15) is 41.0 Å². The number of para-hydroxylation sites is 2. The largest absolute Gasteiger partial charge is 0.333 e. The minimum Gasteiger partial charge on any atom is -0.333 e. The van der Waals surface area contributed by atoms with E-state index in [2.05, 4.69) is 177 Å². The number of hydrogen-bond acceptors (Lipinski definition) is 5. The van der Waals surface area contributed by atoms with Crippen molar-refractivity contribution in [1.29, 1.82) is 0 Å². The van der Waals surface area contributed by atoms with Crippen molar-refractivity contribution in [2.75, 3.05) is 4.90 Å². The molecule has 6 heteroatoms. The first-order valence-electron chi connectivity index (χ1n) is 23.1. The van der Waals surface area contributed by atoms with E-state index in [-0.39, 0.29) is 12.0 Å². The highest BCUT2D eigenvalue weighted by atomic mass is 15.2. The number of benzene rings is 5. The van der Waals surface area contributed by atoms with Gasteiger partial charge in [0.15, 0.2) is 0 Å². The van der Waals surface area contributed by atoms with E-state index < -0.39 is 0 Å². The standard InChI is InChI=1S/C60H42N6/c1-3-13-43(14-4-1)65-55-27-23-37(51-17-7-19-53(63-51)41-11-9-29-61-35-41)31-47(55)49-33-39-21-22-40-34-50-48-32-38(52-18-8-20-54(64-52)42-12-10-30-62-36-42)24-28-56(48)66(44-15-5-2-6-16-44)60(50)46-26-25-45(59(49)65)57(39)58(40)46/h1-20,23-24,27-36,49,59H,21-22,25-26H2. The summed E-state index contributed by atoms with van der Waals surface area (Å²) in [6.45, 7) is 0. The van der Waals surface area contributed by atoms with Gasteiger partial charge in [-0.3, -0.25) is 9.97 Å². The fourth-order valence-corrected chi connectivity index (χ4v) is 11.7. The quantitative estimate of drug-likeness (QED) is 0.167. The first-order chi connectivity index (χ1) is 32.7. The number of nitrogens with zero attached hydrogens (tertiary/aromatic N) is 6. The zero-order chi connectivity index (χ0) is 43.3. The molecular formula is C60H42N6. The van der Waals surface area contributed by atoms with Gasteiger partial charge in [0.2, 0.25) is 0 Å². The van der Waals surface area contributed by atoms with Crippen LogP contribution in [0.5, 0.6) is 0 Å². The molecule has 312 valence electrons. The maximum Gasteiger partial charge on any atom is 0.0725 e. The lowest BCUT2D eigenvalue weighted by Crippen LogP contribution is -2.36. The fraction of sp³-hybridized carbons (Fsp3) is 0.100. The molecule has 2 atom stereocenters. The first kappa shape index (κ1) is 37.2. The van der Waals surface area contributed by atoms with Crippen LogP contribution in [0, 0.1) is 0 Å². The van der Waals surface area contributed by atoms with Gasteiger partial charge in [0.05, 0.1) is 39.9 Å². The van der Waals surface area contributed by atoms with E-state index in [0.717, 1.165) is 70.7 Å². The third kappa shape index (κ3) is 5.67. The molecule has 0 saturated heterocycles. The Labute approximate surface area is 382 Å². The maximum absolute atomic E-state index is 5.17. The van der Waals surface area contributed by atoms with Crippen molar-refractivity contribution >= 4 is 38.8 Å². The van der Waals surface area contributed by atoms with E-state index in [1.165, 1.54) is 72.3 Å². The van der Waals surface area contributed by atoms with Gasteiger partial charge in [0.1, 0.15) is 0 Å². The number of allylic oxidation sites excluding steroid dienone is 2. The van der Waals surface area contributed by atoms with Crippen LogP contribution in [0.4, 0.5) is 11.4 Å². The Morgan fingerprint density at radius 1 is 0.500 bits per heavy atom. The monoisotopic (exact) mass is 846 g/mol. The van der Waals surface area contributed by atoms with E-state index >= 15 is 0 Å². The van der Waals surface area contributed by atoms with Crippen molar-refractivity contribution in [2.24, 2.45) is 0 Å². The lowest BCUT2D eigenvalue weighted by atomic mass is 9.66. The predicted molar refractivity (Wildman–Crippen MR) is 267 cm³/mol. The van der Waals surface area contributed by atoms with Crippen LogP contribution < -0.4 is 4.90 Å². The van der Waals surface area contributed by atoms with Gasteiger partial charge in [-0.15, -0.1) is 0 Å². The minimum absolute atomic E-state index is 0.179. The molecule has 6 heterocycles. The molecule has 0 N–H and O–H groups in total. The molecule has 5 aromatic carbocycles. The Morgan fingerprint density at radius 2 is 1.15 bits per heavy atom. The number of aryl methyl sites for hydroxylation is 2. The van der Waals surface area contributed by atoms with Crippen LogP contribution in [0.2, 0.25) is 0 Å². The van der Waals surface area contributed by atoms with E-state index in [0.29, 0.717) is 0 Å². The van der Waals surface area contributed by atoms with Gasteiger partial charge >= 0.3 is 0 Å². The smallest absolute Gasteiger partial charge is 0.0725 e. The van der Waals surface area contributed by atoms with Crippen molar-refractivity contribution in [2.45, 2.75) is 37.6 Å². The Bertz CT molecular complexity index is 3650. The van der Waals surface area contributed by atoms with Crippen molar-refractivity contribution in [3.8, 4) is 50.7 Å². The van der Waals surface area contributed by atoms with Gasteiger partial charge < -0.3 is 9.47 Å². The van der Waals surface area contributed by atoms with Gasteiger partial charge in [-0.2, -0.15) is 0 Å². The highest BCUT2D eigenvalue weighted by molar-refractivity contribution is 6.14. The van der Waals surface area contributed by atoms with E-state index in [1.807, 2.05) is 36.9 Å². The lowest BCUT2D eigenvalue weighted by Gasteiger charge is -2.42. The fourth-order valence-electron chi connectivity index (χ4n) is 11.7. The van der Waals surface area contributed by atoms with E-state index in [1.54, 1.807) is 5.57 Å². The highest BCUT2D eigenvalue weighted by Gasteiger charge is 2.47. The summed E-state index contributed by atoms with van der Waals surface area (Å²) in [6, 6.07) is 59.5. The first-order valence-corrected chi connectivity index (χ1v) is 23.1. The molecule has 0 amide bonds. The summed E-state index contributed by atoms with van der Waals surface area (Å²) in [7, 11) is 0. The van der Waals surface area contributed by atoms with Gasteiger partial charge in [-0.05, 0) is 168 Å². The lowest BCUT2D eigenvalue weighted by molar-refractivity contribution is 0.653. The summed E-state index contributed by atoms with van der Waals surface area (Å²) < 4.78 is 2.54. The molecule has 14 rings (SSSR count). The van der Waals surface area contributed by atoms with E-state index in [9.17, 15) is 0 Å². The maximum atomic E-state index is 5.17. The molecule has 10 aromatic rings. The molecule has 0 spiro atoms. The number of hydrogen-bond donors (Lipinski definition) is 0. The van der Waals surface area contributed by atoms with Crippen molar-refractivity contribution < 1.29 is 0 Å². The molecule has 0 radical (unpaired) electrons. The Hall–Kier alpha value is -8.22. The zero-order valence-electron chi connectivity index (χ0n) is 36.1. The number of anilines is 2. The topological polar surface area (TPSA) is 59.7 Å². The molecule has 2 unspecified atom stereocenters. The molecule has 0 fully saturated rings. The number of rotatable bonds is 6. The Kier molecular flexibility index (Phi) is 8.26. The summed E-state index contributed by atoms with van der Waals surface area (Å²) in [5, 5.41) is 2.59. The molecule has 3 aliphatic carbocycles. The number of aromatic nitrogens is 5. The molecule has 66 heavy (non-hydrogen) atoms. The molecule has 5 aromatic heterocycles. The summed E-state index contributed by atoms with van der Waals surface area (Å²) in [6.07, 6.45) is 14.1. The minimum atomic E-state index is 0.179. The van der Waals surface area contributed by atoms with Crippen LogP contribution in [0.15, 0.2) is 206 Å². The van der Waals surface area contributed by atoms with Crippen LogP contribution in [0.25, 0.3) is 78.1 Å². The molecule has 6 nitrogen and oxygen atoms in total. The molecule has 1 aliphatic heterocycles. The summed E-state index contributed by atoms with van der Waals surface area (Å²) in [5.74, 6) is 0.224. The summed E-state index contributed by atoms with van der Waals surface area (Å²) in [5.41, 5.74) is 24.7. The van der Waals surface area contributed by atoms with Gasteiger partial charge in [0.25, 0.3) is 0 Å². The normalized spacial score (nSPS) is 16.8. The number of pyridine rings is 4. The van der Waals surface area contributed by atoms with Crippen LogP contribution in [0.3, 0.4) is 0 Å². The van der Waals surface area contributed by atoms with Gasteiger partial charge in [-0.1, -0.05) is 66.7 Å². The Morgan fingerprint density at radius 3 is 1.83 bits per heavy atom. The summed E-state index contributed by atoms with van der Waals surface area (Å²) in [4.78, 5) is 21.7. The van der Waals surface area contributed by atoms with Gasteiger partial charge in [-0.25, -0.2) is 9.97 Å². The third-order valence-corrected chi connectivity index (χ3v) is 14.5. The molecular weight excluding hydrogens is 805 g/mol. The average Bonchev–Trinajstić information content (AvgIpc) is 3.91. The molecule has 0 saturated carbocycles. The Balaban J connectivity index is 0.939. The second kappa shape index (κ2) is 14.7. The van der Waals surface area contributed by atoms with E-state index in [4.69, 9.17) is 9.97 Å². The predicted octanol–water partition coefficient (Wildman–Crippen LogP) is 13.9. The molecule has 0 bridgehead atoms. The SMILES string of the molecule is C1=C2CCc3cc4c5cc(-c6cccc(-c7cccnc7)n6)ccc5n(-c5ccccc5)c4c4c3C2=C(CC4)C2C1c1cc(-c3cccc(-c4cccnc4)n3)ccc1N2c1ccccc1. The second-order valence-corrected chi connectivity index (χ2v) is 18.0. The molecule has 4 aliphatic rings. The number of fused-ring (bicyclic) bond motifs is 8. The summed E-state index contributed by atoms with van der Waals surface area (Å²) >= 11 is 0. The third-order valence-electron chi connectivity index (χ3n) is 14.5. The van der Waals surface area contributed by atoms with Crippen LogP contribution in [-0.2, 0) is 12.8 Å².